The molecule has 3 aromatic rings. The first-order chi connectivity index (χ1) is 28.1. The van der Waals surface area contributed by atoms with Gasteiger partial charge < -0.3 is 19.7 Å². The highest BCUT2D eigenvalue weighted by Gasteiger charge is 2.42. The van der Waals surface area contributed by atoms with E-state index >= 15 is 0 Å². The molecule has 2 fully saturated rings. The minimum atomic E-state index is -4.81. The molecule has 1 aliphatic carbocycles. The number of hydrogen-bond acceptors (Lipinski definition) is 7. The van der Waals surface area contributed by atoms with Crippen LogP contribution in [-0.2, 0) is 4.79 Å². The molecule has 0 radical (unpaired) electrons. The Balaban J connectivity index is 0.000000974. The number of anilines is 1. The molecule has 3 aliphatic rings. The van der Waals surface area contributed by atoms with Crippen LogP contribution in [0.2, 0.25) is 0 Å². The van der Waals surface area contributed by atoms with Gasteiger partial charge in [0.25, 0.3) is 5.69 Å². The second kappa shape index (κ2) is 23.7. The summed E-state index contributed by atoms with van der Waals surface area (Å²) in [6.45, 7) is 20.9. The highest BCUT2D eigenvalue weighted by molar-refractivity contribution is 5.93. The molecule has 0 bridgehead atoms. The van der Waals surface area contributed by atoms with E-state index in [0.717, 1.165) is 16.7 Å². The van der Waals surface area contributed by atoms with Crippen molar-refractivity contribution in [3.8, 4) is 11.5 Å². The summed E-state index contributed by atoms with van der Waals surface area (Å²) in [6.07, 6.45) is 5.03. The fraction of sp³-hybridized carbons (Fsp3) is 0.435. The number of amides is 2. The average molecular weight is 823 g/mol. The Hall–Kier alpha value is -5.59. The smallest absolute Gasteiger partial charge is 0.410 e. The van der Waals surface area contributed by atoms with Gasteiger partial charge in [-0.2, -0.15) is 0 Å². The van der Waals surface area contributed by atoms with Crippen LogP contribution in [0.1, 0.15) is 110 Å². The molecule has 0 aromatic heterocycles. The van der Waals surface area contributed by atoms with Crippen molar-refractivity contribution in [1.29, 1.82) is 0 Å². The number of carbonyl (C=O) groups excluding carboxylic acids is 2. The zero-order valence-corrected chi connectivity index (χ0v) is 36.0. The van der Waals surface area contributed by atoms with Gasteiger partial charge in [-0.05, 0) is 124 Å². The summed E-state index contributed by atoms with van der Waals surface area (Å²) in [6, 6.07) is 16.5. The summed E-state index contributed by atoms with van der Waals surface area (Å²) in [5.41, 5.74) is 5.12. The molecule has 3 aromatic carbocycles. The zero-order valence-electron chi connectivity index (χ0n) is 36.0. The second-order valence-corrected chi connectivity index (χ2v) is 13.6. The highest BCUT2D eigenvalue weighted by atomic mass is 19.4. The van der Waals surface area contributed by atoms with E-state index in [1.54, 1.807) is 19.2 Å². The van der Waals surface area contributed by atoms with E-state index in [9.17, 15) is 32.9 Å². The van der Waals surface area contributed by atoms with Crippen molar-refractivity contribution < 1.29 is 37.2 Å². The third-order valence-electron chi connectivity index (χ3n) is 9.93. The summed E-state index contributed by atoms with van der Waals surface area (Å²) in [7, 11) is 1.57. The minimum Gasteiger partial charge on any atom is -0.410 e. The van der Waals surface area contributed by atoms with Crippen LogP contribution in [0.5, 0.6) is 11.5 Å². The molecule has 2 aliphatic heterocycles. The number of nitrogens with one attached hydrogen (secondary N) is 1. The second-order valence-electron chi connectivity index (χ2n) is 13.6. The molecule has 13 heteroatoms. The lowest BCUT2D eigenvalue weighted by Crippen LogP contribution is -2.46. The van der Waals surface area contributed by atoms with Crippen LogP contribution in [-0.4, -0.2) is 48.3 Å². The van der Waals surface area contributed by atoms with Crippen LogP contribution < -0.4 is 19.7 Å². The molecule has 2 amide bonds. The Bertz CT molecular complexity index is 1910. The molecular weight excluding hydrogens is 762 g/mol. The summed E-state index contributed by atoms with van der Waals surface area (Å²) in [5, 5.41) is 13.9. The van der Waals surface area contributed by atoms with Crippen molar-refractivity contribution in [2.24, 2.45) is 5.41 Å². The van der Waals surface area contributed by atoms with Gasteiger partial charge in [0.05, 0.1) is 10.3 Å². The van der Waals surface area contributed by atoms with Crippen LogP contribution in [0, 0.1) is 22.5 Å². The molecule has 322 valence electrons. The zero-order chi connectivity index (χ0) is 44.3. The van der Waals surface area contributed by atoms with E-state index < -0.39 is 22.8 Å². The molecule has 1 saturated heterocycles. The predicted molar refractivity (Wildman–Crippen MR) is 231 cm³/mol. The van der Waals surface area contributed by atoms with E-state index in [-0.39, 0.29) is 23.1 Å². The number of benzene rings is 3. The lowest BCUT2D eigenvalue weighted by molar-refractivity contribution is -0.384. The molecule has 0 unspecified atom stereocenters. The molecule has 0 atom stereocenters. The van der Waals surface area contributed by atoms with Crippen LogP contribution >= 0.6 is 0 Å². The number of aryl methyl sites for hydroxylation is 1. The Morgan fingerprint density at radius 2 is 1.53 bits per heavy atom. The summed E-state index contributed by atoms with van der Waals surface area (Å²) >= 11 is 0. The number of nitro groups is 1. The van der Waals surface area contributed by atoms with Gasteiger partial charge in [-0.1, -0.05) is 71.9 Å². The average Bonchev–Trinajstić information content (AvgIpc) is 3.34. The van der Waals surface area contributed by atoms with Gasteiger partial charge in [-0.25, -0.2) is 4.79 Å². The normalized spacial score (nSPS) is 15.6. The fourth-order valence-corrected chi connectivity index (χ4v) is 6.34. The Labute approximate surface area is 347 Å². The number of allylic oxidation sites excluding steroid dienone is 2. The number of piperidine rings is 1. The van der Waals surface area contributed by atoms with Gasteiger partial charge in [-0.15, -0.1) is 13.2 Å². The summed E-state index contributed by atoms with van der Waals surface area (Å²) < 4.78 is 47.8. The van der Waals surface area contributed by atoms with Crippen molar-refractivity contribution in [2.45, 2.75) is 107 Å². The number of hydrogen-bond donors (Lipinski definition) is 1. The van der Waals surface area contributed by atoms with Crippen LogP contribution in [0.4, 0.5) is 29.3 Å². The number of non-ortho nitro benzene ring substituents is 1. The topological polar surface area (TPSA) is 114 Å². The Kier molecular flexibility index (Phi) is 19.9. The molecule has 6 rings (SSSR count). The van der Waals surface area contributed by atoms with E-state index in [4.69, 9.17) is 4.74 Å². The van der Waals surface area contributed by atoms with Gasteiger partial charge in [0.15, 0.2) is 0 Å². The van der Waals surface area contributed by atoms with Crippen molar-refractivity contribution in [3.63, 3.8) is 0 Å². The van der Waals surface area contributed by atoms with Crippen molar-refractivity contribution in [1.82, 2.24) is 10.2 Å². The third-order valence-corrected chi connectivity index (χ3v) is 9.93. The molecule has 1 saturated carbocycles. The van der Waals surface area contributed by atoms with Gasteiger partial charge >= 0.3 is 12.5 Å². The summed E-state index contributed by atoms with van der Waals surface area (Å²) in [4.78, 5) is 40.1. The quantitative estimate of drug-likeness (QED) is 0.143. The highest BCUT2D eigenvalue weighted by Crippen LogP contribution is 2.41. The number of rotatable bonds is 7. The van der Waals surface area contributed by atoms with Gasteiger partial charge in [0, 0.05) is 49.2 Å². The van der Waals surface area contributed by atoms with Crippen LogP contribution in [0.3, 0.4) is 0 Å². The maximum Gasteiger partial charge on any atom is 0.573 e. The first kappa shape index (κ1) is 49.6. The van der Waals surface area contributed by atoms with E-state index in [1.807, 2.05) is 79.8 Å². The van der Waals surface area contributed by atoms with E-state index in [1.165, 1.54) is 72.2 Å². The van der Waals surface area contributed by atoms with Crippen LogP contribution in [0.25, 0.3) is 11.8 Å². The third kappa shape index (κ3) is 14.6. The lowest BCUT2D eigenvalue weighted by Gasteiger charge is -2.39. The number of nitrogens with zero attached hydrogens (tertiary/aromatic N) is 3. The first-order valence-electron chi connectivity index (χ1n) is 20.4. The number of carbonyl (C=O) groups is 2. The van der Waals surface area contributed by atoms with Gasteiger partial charge in [0.2, 0.25) is 5.91 Å². The van der Waals surface area contributed by atoms with E-state index in [2.05, 4.69) is 21.5 Å². The first-order valence-corrected chi connectivity index (χ1v) is 20.4. The number of ether oxygens (including phenoxy) is 2. The number of alkyl halides is 3. The minimum absolute atomic E-state index is 0.103. The SMILES string of the molecule is C=C1CCC1.CC.CC.CC.CC1=C(c2cccc(OC(F)(F)F)c2)NC(=O)C2(CC1)CCN(/C=C/c1ccc(N(C)C(=O)Oc3ccc([N+](=O)[O-])cc3)cc1C)CC2. The maximum atomic E-state index is 13.6. The van der Waals surface area contributed by atoms with Crippen molar-refractivity contribution >= 4 is 35.1 Å². The molecule has 59 heavy (non-hydrogen) atoms. The molecule has 2 heterocycles. The van der Waals surface area contributed by atoms with Gasteiger partial charge in [0.1, 0.15) is 11.5 Å². The van der Waals surface area contributed by atoms with Crippen molar-refractivity contribution in [3.05, 3.63) is 117 Å². The van der Waals surface area contributed by atoms with E-state index in [0.29, 0.717) is 55.7 Å². The maximum absolute atomic E-state index is 13.6. The number of nitro benzene ring substituents is 1. The molecule has 10 nitrogen and oxygen atoms in total. The van der Waals surface area contributed by atoms with Gasteiger partial charge in [-0.3, -0.25) is 19.8 Å². The fourth-order valence-electron chi connectivity index (χ4n) is 6.34. The number of halogens is 3. The lowest BCUT2D eigenvalue weighted by atomic mass is 9.74. The van der Waals surface area contributed by atoms with Crippen LogP contribution in [0.15, 0.2) is 90.7 Å². The number of likely N-dealkylation sites (tertiary alicyclic amines) is 1. The van der Waals surface area contributed by atoms with Crippen molar-refractivity contribution in [2.75, 3.05) is 25.0 Å². The Morgan fingerprint density at radius 1 is 0.915 bits per heavy atom. The molecule has 1 N–H and O–H groups in total. The Morgan fingerprint density at radius 3 is 2.05 bits per heavy atom. The summed E-state index contributed by atoms with van der Waals surface area (Å²) in [5.74, 6) is -0.273. The molecule has 1 spiro atoms. The standard InChI is InChI=1S/C35H35F3N4O6.C5H8.3C2H6/c1-23-13-15-34(32(43)39-31(23)26-5-4-6-30(22-26)48-35(36,37)38)16-19-41(20-17-34)18-14-25-7-8-28(21-24(25)2)40(3)33(44)47-29-11-9-27(10-12-29)42(45)46;1-5-3-2-4-5;3*1-2/h4-12,14,18,21-22H,13,15-17,19-20H2,1-3H3,(H,39,43);1-4H2;3*1-2H3/b18-14+;;;;. The largest absolute Gasteiger partial charge is 0.573 e. The predicted octanol–water partition coefficient (Wildman–Crippen LogP) is 12.6. The monoisotopic (exact) mass is 822 g/mol. The molecular formula is C46H61F3N4O6.